The third-order valence-electron chi connectivity index (χ3n) is 3.56. The van der Waals surface area contributed by atoms with Gasteiger partial charge in [0, 0.05) is 17.6 Å². The summed E-state index contributed by atoms with van der Waals surface area (Å²) in [7, 11) is -3.64. The van der Waals surface area contributed by atoms with Crippen LogP contribution < -0.4 is 10.0 Å². The zero-order valence-electron chi connectivity index (χ0n) is 11.2. The quantitative estimate of drug-likeness (QED) is 0.861. The van der Waals surface area contributed by atoms with Gasteiger partial charge in [-0.2, -0.15) is 0 Å². The van der Waals surface area contributed by atoms with Gasteiger partial charge in [-0.3, -0.25) is 0 Å². The number of hydrogen-bond acceptors (Lipinski definition) is 3. The standard InChI is InChI=1S/C13H18BrFN2O2S/c1-13(5-2-6-16-8-13)9-17-20(18,19)12-4-3-10(15)7-11(12)14/h3-4,7,16-17H,2,5-6,8-9H2,1H3. The summed E-state index contributed by atoms with van der Waals surface area (Å²) >= 11 is 3.09. The molecule has 0 aromatic heterocycles. The molecule has 0 bridgehead atoms. The summed E-state index contributed by atoms with van der Waals surface area (Å²) < 4.78 is 40.4. The van der Waals surface area contributed by atoms with E-state index in [2.05, 4.69) is 32.9 Å². The van der Waals surface area contributed by atoms with Gasteiger partial charge >= 0.3 is 0 Å². The summed E-state index contributed by atoms with van der Waals surface area (Å²) in [5, 5.41) is 3.28. The molecule has 0 radical (unpaired) electrons. The molecule has 1 aliphatic heterocycles. The lowest BCUT2D eigenvalue weighted by Crippen LogP contribution is -2.45. The van der Waals surface area contributed by atoms with Crippen LogP contribution in [0, 0.1) is 11.2 Å². The van der Waals surface area contributed by atoms with Gasteiger partial charge in [-0.1, -0.05) is 6.92 Å². The summed E-state index contributed by atoms with van der Waals surface area (Å²) in [5.74, 6) is -0.473. The molecule has 1 aromatic rings. The van der Waals surface area contributed by atoms with E-state index in [0.29, 0.717) is 6.54 Å². The molecule has 0 saturated carbocycles. The van der Waals surface area contributed by atoms with Crippen LogP contribution in [0.25, 0.3) is 0 Å². The van der Waals surface area contributed by atoms with E-state index in [0.717, 1.165) is 38.1 Å². The Bertz CT molecular complexity index is 586. The summed E-state index contributed by atoms with van der Waals surface area (Å²) in [4.78, 5) is 0.0614. The number of hydrogen-bond donors (Lipinski definition) is 2. The van der Waals surface area contributed by atoms with Crippen LogP contribution in [-0.2, 0) is 10.0 Å². The summed E-state index contributed by atoms with van der Waals surface area (Å²) in [6.45, 7) is 4.19. The second-order valence-corrected chi connectivity index (χ2v) is 8.08. The molecular weight excluding hydrogens is 347 g/mol. The molecule has 1 aromatic carbocycles. The predicted molar refractivity (Wildman–Crippen MR) is 79.5 cm³/mol. The average Bonchev–Trinajstić information content (AvgIpc) is 2.37. The summed E-state index contributed by atoms with van der Waals surface area (Å²) in [6, 6.07) is 3.56. The van der Waals surface area contributed by atoms with Crippen LogP contribution in [0.2, 0.25) is 0 Å². The monoisotopic (exact) mass is 364 g/mol. The van der Waals surface area contributed by atoms with E-state index in [1.807, 2.05) is 0 Å². The van der Waals surface area contributed by atoms with Crippen molar-refractivity contribution in [3.8, 4) is 0 Å². The zero-order chi connectivity index (χ0) is 14.8. The van der Waals surface area contributed by atoms with Gasteiger partial charge < -0.3 is 5.32 Å². The molecule has 7 heteroatoms. The van der Waals surface area contributed by atoms with Crippen LogP contribution >= 0.6 is 15.9 Å². The molecule has 20 heavy (non-hydrogen) atoms. The van der Waals surface area contributed by atoms with E-state index in [9.17, 15) is 12.8 Å². The molecule has 1 fully saturated rings. The van der Waals surface area contributed by atoms with Crippen molar-refractivity contribution in [1.82, 2.24) is 10.0 Å². The molecule has 1 atom stereocenters. The number of halogens is 2. The molecule has 2 N–H and O–H groups in total. The van der Waals surface area contributed by atoms with Crippen molar-refractivity contribution in [2.24, 2.45) is 5.41 Å². The van der Waals surface area contributed by atoms with Crippen molar-refractivity contribution >= 4 is 26.0 Å². The Balaban J connectivity index is 2.11. The van der Waals surface area contributed by atoms with Gasteiger partial charge in [0.25, 0.3) is 0 Å². The Morgan fingerprint density at radius 3 is 2.85 bits per heavy atom. The first-order chi connectivity index (χ1) is 9.32. The molecule has 1 heterocycles. The third-order valence-corrected chi connectivity index (χ3v) is 5.94. The highest BCUT2D eigenvalue weighted by atomic mass is 79.9. The van der Waals surface area contributed by atoms with Crippen molar-refractivity contribution in [2.75, 3.05) is 19.6 Å². The average molecular weight is 365 g/mol. The molecule has 1 unspecified atom stereocenters. The van der Waals surface area contributed by atoms with Crippen LogP contribution in [0.3, 0.4) is 0 Å². The van der Waals surface area contributed by atoms with Gasteiger partial charge in [0.15, 0.2) is 0 Å². The van der Waals surface area contributed by atoms with E-state index < -0.39 is 15.8 Å². The van der Waals surface area contributed by atoms with Crippen LogP contribution in [0.15, 0.2) is 27.6 Å². The number of sulfonamides is 1. The fourth-order valence-corrected chi connectivity index (χ4v) is 4.56. The van der Waals surface area contributed by atoms with Gasteiger partial charge in [-0.05, 0) is 58.9 Å². The topological polar surface area (TPSA) is 58.2 Å². The minimum Gasteiger partial charge on any atom is -0.316 e. The number of rotatable bonds is 4. The Kier molecular flexibility index (Phi) is 4.84. The summed E-state index contributed by atoms with van der Waals surface area (Å²) in [6.07, 6.45) is 2.02. The zero-order valence-corrected chi connectivity index (χ0v) is 13.7. The van der Waals surface area contributed by atoms with Crippen molar-refractivity contribution in [3.63, 3.8) is 0 Å². The number of piperidine rings is 1. The number of benzene rings is 1. The van der Waals surface area contributed by atoms with Crippen LogP contribution in [0.5, 0.6) is 0 Å². The van der Waals surface area contributed by atoms with Gasteiger partial charge in [-0.25, -0.2) is 17.5 Å². The Morgan fingerprint density at radius 1 is 1.50 bits per heavy atom. The first-order valence-electron chi connectivity index (χ1n) is 6.48. The van der Waals surface area contributed by atoms with Gasteiger partial charge in [-0.15, -0.1) is 0 Å². The third kappa shape index (κ3) is 3.78. The van der Waals surface area contributed by atoms with E-state index in [1.165, 1.54) is 6.07 Å². The van der Waals surface area contributed by atoms with Gasteiger partial charge in [0.1, 0.15) is 5.82 Å². The molecule has 0 amide bonds. The molecule has 4 nitrogen and oxygen atoms in total. The Morgan fingerprint density at radius 2 is 2.25 bits per heavy atom. The smallest absolute Gasteiger partial charge is 0.241 e. The molecular formula is C13H18BrFN2O2S. The largest absolute Gasteiger partial charge is 0.316 e. The lowest BCUT2D eigenvalue weighted by molar-refractivity contribution is 0.238. The fraction of sp³-hybridized carbons (Fsp3) is 0.538. The minimum atomic E-state index is -3.64. The van der Waals surface area contributed by atoms with Crippen LogP contribution in [0.4, 0.5) is 4.39 Å². The lowest BCUT2D eigenvalue weighted by atomic mass is 9.83. The molecule has 112 valence electrons. The highest BCUT2D eigenvalue weighted by Crippen LogP contribution is 2.26. The highest BCUT2D eigenvalue weighted by molar-refractivity contribution is 9.10. The normalized spacial score (nSPS) is 23.8. The van der Waals surface area contributed by atoms with Crippen LogP contribution in [0.1, 0.15) is 19.8 Å². The summed E-state index contributed by atoms with van der Waals surface area (Å²) in [5.41, 5.74) is -0.0855. The van der Waals surface area contributed by atoms with E-state index in [-0.39, 0.29) is 14.8 Å². The first kappa shape index (κ1) is 15.9. The molecule has 2 rings (SSSR count). The number of nitrogens with one attached hydrogen (secondary N) is 2. The van der Waals surface area contributed by atoms with Crippen molar-refractivity contribution in [2.45, 2.75) is 24.7 Å². The minimum absolute atomic E-state index is 0.0614. The van der Waals surface area contributed by atoms with E-state index >= 15 is 0 Å². The molecule has 1 aliphatic rings. The maximum Gasteiger partial charge on any atom is 0.241 e. The molecule has 0 spiro atoms. The van der Waals surface area contributed by atoms with Crippen LogP contribution in [-0.4, -0.2) is 28.1 Å². The maximum atomic E-state index is 13.0. The molecule has 0 aliphatic carbocycles. The van der Waals surface area contributed by atoms with Gasteiger partial charge in [0.2, 0.25) is 10.0 Å². The Hall–Kier alpha value is -0.500. The lowest BCUT2D eigenvalue weighted by Gasteiger charge is -2.34. The fourth-order valence-electron chi connectivity index (χ4n) is 2.31. The molecule has 1 saturated heterocycles. The predicted octanol–water partition coefficient (Wildman–Crippen LogP) is 2.26. The second-order valence-electron chi connectivity index (χ2n) is 5.49. The van der Waals surface area contributed by atoms with E-state index in [1.54, 1.807) is 0 Å². The van der Waals surface area contributed by atoms with Crippen molar-refractivity contribution < 1.29 is 12.8 Å². The first-order valence-corrected chi connectivity index (χ1v) is 8.76. The highest BCUT2D eigenvalue weighted by Gasteiger charge is 2.29. The van der Waals surface area contributed by atoms with Gasteiger partial charge in [0.05, 0.1) is 4.90 Å². The van der Waals surface area contributed by atoms with Crippen molar-refractivity contribution in [3.05, 3.63) is 28.5 Å². The van der Waals surface area contributed by atoms with Crippen molar-refractivity contribution in [1.29, 1.82) is 0 Å². The Labute approximate surface area is 127 Å². The van der Waals surface area contributed by atoms with E-state index in [4.69, 9.17) is 0 Å². The SMILES string of the molecule is CC1(CNS(=O)(=O)c2ccc(F)cc2Br)CCCNC1. The maximum absolute atomic E-state index is 13.0. The second kappa shape index (κ2) is 6.09.